The number of hydrogen-bond acceptors (Lipinski definition) is 3. The summed E-state index contributed by atoms with van der Waals surface area (Å²) in [6.45, 7) is 0. The average Bonchev–Trinajstić information content (AvgIpc) is 3.42. The first kappa shape index (κ1) is 17.1. The summed E-state index contributed by atoms with van der Waals surface area (Å²) < 4.78 is 27.4. The number of aromatic nitrogens is 2. The van der Waals surface area contributed by atoms with Crippen LogP contribution >= 0.6 is 0 Å². The van der Waals surface area contributed by atoms with Crippen LogP contribution < -0.4 is 10.9 Å². The topological polar surface area (TPSA) is 64.0 Å². The molecule has 4 rings (SSSR count). The van der Waals surface area contributed by atoms with E-state index in [2.05, 4.69) is 10.4 Å². The molecule has 136 valence electrons. The molecule has 1 N–H and O–H groups in total. The minimum Gasteiger partial charge on any atom is -0.347 e. The molecule has 1 aliphatic carbocycles. The molecule has 2 unspecified atom stereocenters. The van der Waals surface area contributed by atoms with Crippen LogP contribution in [0.2, 0.25) is 0 Å². The number of benzene rings is 2. The Morgan fingerprint density at radius 3 is 2.56 bits per heavy atom. The van der Waals surface area contributed by atoms with Gasteiger partial charge >= 0.3 is 0 Å². The quantitative estimate of drug-likeness (QED) is 0.771. The van der Waals surface area contributed by atoms with E-state index in [4.69, 9.17) is 0 Å². The molecule has 2 aromatic carbocycles. The fourth-order valence-electron chi connectivity index (χ4n) is 3.00. The lowest BCUT2D eigenvalue weighted by Gasteiger charge is -2.08. The van der Waals surface area contributed by atoms with Crippen LogP contribution in [-0.4, -0.2) is 21.7 Å². The maximum atomic E-state index is 13.3. The van der Waals surface area contributed by atoms with Gasteiger partial charge in [0.25, 0.3) is 11.5 Å². The number of halogens is 2. The Morgan fingerprint density at radius 1 is 1.04 bits per heavy atom. The van der Waals surface area contributed by atoms with Gasteiger partial charge < -0.3 is 5.32 Å². The van der Waals surface area contributed by atoms with E-state index in [-0.39, 0.29) is 23.5 Å². The lowest BCUT2D eigenvalue weighted by atomic mass is 10.1. The van der Waals surface area contributed by atoms with Gasteiger partial charge in [-0.25, -0.2) is 8.78 Å². The van der Waals surface area contributed by atoms with Crippen molar-refractivity contribution in [3.05, 3.63) is 93.9 Å². The SMILES string of the molecule is O=C(NC1CC1c1cccc(F)c1)c1ccc(=O)n(-c2ccc(F)cc2)n1. The second kappa shape index (κ2) is 6.75. The molecule has 0 saturated heterocycles. The van der Waals surface area contributed by atoms with Crippen molar-refractivity contribution in [3.63, 3.8) is 0 Å². The zero-order valence-corrected chi connectivity index (χ0v) is 14.1. The number of nitrogens with one attached hydrogen (secondary N) is 1. The van der Waals surface area contributed by atoms with Crippen LogP contribution in [0.1, 0.15) is 28.4 Å². The summed E-state index contributed by atoms with van der Waals surface area (Å²) in [5.41, 5.74) is 0.843. The Bertz CT molecular complexity index is 1060. The third-order valence-corrected chi connectivity index (χ3v) is 4.49. The van der Waals surface area contributed by atoms with Crippen molar-refractivity contribution >= 4 is 5.91 Å². The van der Waals surface area contributed by atoms with Gasteiger partial charge in [0.15, 0.2) is 0 Å². The van der Waals surface area contributed by atoms with Crippen LogP contribution in [0, 0.1) is 11.6 Å². The molecule has 1 aliphatic rings. The Morgan fingerprint density at radius 2 is 1.81 bits per heavy atom. The van der Waals surface area contributed by atoms with E-state index in [0.29, 0.717) is 12.1 Å². The second-order valence-electron chi connectivity index (χ2n) is 6.42. The summed E-state index contributed by atoms with van der Waals surface area (Å²) in [4.78, 5) is 24.5. The van der Waals surface area contributed by atoms with E-state index < -0.39 is 17.3 Å². The van der Waals surface area contributed by atoms with Crippen LogP contribution in [0.4, 0.5) is 8.78 Å². The Balaban J connectivity index is 1.51. The van der Waals surface area contributed by atoms with E-state index in [0.717, 1.165) is 10.2 Å². The predicted molar refractivity (Wildman–Crippen MR) is 94.8 cm³/mol. The maximum absolute atomic E-state index is 13.3. The minimum atomic E-state index is -0.433. The summed E-state index contributed by atoms with van der Waals surface area (Å²) in [5.74, 6) is -1.10. The molecular formula is C20H15F2N3O2. The van der Waals surface area contributed by atoms with E-state index in [9.17, 15) is 18.4 Å². The number of hydrogen-bond donors (Lipinski definition) is 1. The number of nitrogens with zero attached hydrogens (tertiary/aromatic N) is 2. The van der Waals surface area contributed by atoms with Crippen molar-refractivity contribution in [2.45, 2.75) is 18.4 Å². The van der Waals surface area contributed by atoms with E-state index >= 15 is 0 Å². The second-order valence-corrected chi connectivity index (χ2v) is 6.42. The first-order valence-corrected chi connectivity index (χ1v) is 8.44. The van der Waals surface area contributed by atoms with Gasteiger partial charge in [-0.3, -0.25) is 9.59 Å². The zero-order chi connectivity index (χ0) is 19.0. The third kappa shape index (κ3) is 3.62. The molecule has 0 radical (unpaired) electrons. The van der Waals surface area contributed by atoms with Crippen molar-refractivity contribution in [1.82, 2.24) is 15.1 Å². The summed E-state index contributed by atoms with van der Waals surface area (Å²) in [6, 6.07) is 14.0. The van der Waals surface area contributed by atoms with Crippen LogP contribution in [0.3, 0.4) is 0 Å². The highest BCUT2D eigenvalue weighted by Gasteiger charge is 2.40. The molecule has 2 atom stereocenters. The average molecular weight is 367 g/mol. The molecule has 1 amide bonds. The molecule has 1 saturated carbocycles. The predicted octanol–water partition coefficient (Wildman–Crippen LogP) is 2.80. The number of carbonyl (C=O) groups is 1. The van der Waals surface area contributed by atoms with Gasteiger partial charge in [0.05, 0.1) is 5.69 Å². The van der Waals surface area contributed by atoms with Crippen LogP contribution in [0.5, 0.6) is 0 Å². The van der Waals surface area contributed by atoms with Crippen molar-refractivity contribution in [2.24, 2.45) is 0 Å². The number of amides is 1. The molecular weight excluding hydrogens is 352 g/mol. The minimum absolute atomic E-state index is 0.0626. The Hall–Kier alpha value is -3.35. The fourth-order valence-corrected chi connectivity index (χ4v) is 3.00. The van der Waals surface area contributed by atoms with Gasteiger partial charge in [-0.2, -0.15) is 9.78 Å². The first-order chi connectivity index (χ1) is 13.0. The molecule has 5 nitrogen and oxygen atoms in total. The summed E-state index contributed by atoms with van der Waals surface area (Å²) in [7, 11) is 0. The first-order valence-electron chi connectivity index (χ1n) is 8.44. The number of carbonyl (C=O) groups excluding carboxylic acids is 1. The molecule has 0 spiro atoms. The van der Waals surface area contributed by atoms with Gasteiger partial charge in [-0.1, -0.05) is 12.1 Å². The van der Waals surface area contributed by atoms with Gasteiger partial charge in [0, 0.05) is 18.0 Å². The van der Waals surface area contributed by atoms with Crippen molar-refractivity contribution in [2.75, 3.05) is 0 Å². The van der Waals surface area contributed by atoms with Gasteiger partial charge in [-0.15, -0.1) is 0 Å². The van der Waals surface area contributed by atoms with Gasteiger partial charge in [-0.05, 0) is 54.4 Å². The van der Waals surface area contributed by atoms with E-state index in [1.807, 2.05) is 6.07 Å². The summed E-state index contributed by atoms with van der Waals surface area (Å²) in [6.07, 6.45) is 0.715. The normalized spacial score (nSPS) is 18.1. The van der Waals surface area contributed by atoms with Crippen molar-refractivity contribution in [3.8, 4) is 5.69 Å². The molecule has 7 heteroatoms. The smallest absolute Gasteiger partial charge is 0.271 e. The highest BCUT2D eigenvalue weighted by molar-refractivity contribution is 5.92. The standard InChI is InChI=1S/C20H15F2N3O2/c21-13-4-6-15(7-5-13)25-19(26)9-8-17(24-25)20(27)23-18-11-16(18)12-2-1-3-14(22)10-12/h1-10,16,18H,11H2,(H,23,27). The highest BCUT2D eigenvalue weighted by atomic mass is 19.1. The van der Waals surface area contributed by atoms with Crippen LogP contribution in [0.15, 0.2) is 65.5 Å². The molecule has 1 heterocycles. The lowest BCUT2D eigenvalue weighted by molar-refractivity contribution is 0.0943. The van der Waals surface area contributed by atoms with Gasteiger partial charge in [0.1, 0.15) is 17.3 Å². The zero-order valence-electron chi connectivity index (χ0n) is 14.1. The van der Waals surface area contributed by atoms with Crippen LogP contribution in [-0.2, 0) is 0 Å². The highest BCUT2D eigenvalue weighted by Crippen LogP contribution is 2.40. The number of rotatable bonds is 4. The molecule has 1 fully saturated rings. The summed E-state index contributed by atoms with van der Waals surface area (Å²) >= 11 is 0. The van der Waals surface area contributed by atoms with Crippen LogP contribution in [0.25, 0.3) is 5.69 Å². The molecule has 3 aromatic rings. The van der Waals surface area contributed by atoms with E-state index in [1.165, 1.54) is 48.5 Å². The van der Waals surface area contributed by atoms with Crippen molar-refractivity contribution < 1.29 is 13.6 Å². The molecule has 27 heavy (non-hydrogen) atoms. The summed E-state index contributed by atoms with van der Waals surface area (Å²) in [5, 5.41) is 6.92. The third-order valence-electron chi connectivity index (χ3n) is 4.49. The van der Waals surface area contributed by atoms with E-state index in [1.54, 1.807) is 6.07 Å². The monoisotopic (exact) mass is 367 g/mol. The fraction of sp³-hybridized carbons (Fsp3) is 0.150. The Labute approximate surface area is 153 Å². The lowest BCUT2D eigenvalue weighted by Crippen LogP contribution is -2.30. The van der Waals surface area contributed by atoms with Crippen molar-refractivity contribution in [1.29, 1.82) is 0 Å². The maximum Gasteiger partial charge on any atom is 0.271 e. The largest absolute Gasteiger partial charge is 0.347 e. The molecule has 0 aliphatic heterocycles. The molecule has 0 bridgehead atoms. The Kier molecular flexibility index (Phi) is 4.27. The van der Waals surface area contributed by atoms with Gasteiger partial charge in [0.2, 0.25) is 0 Å². The molecule has 1 aromatic heterocycles.